The molecular weight excluding hydrogens is 217 g/mol. The third kappa shape index (κ3) is 7.08. The standard InChI is InChI=1S/C14H22FNO/c15-14-7-5-13(6-8-14)9-11-16-10-3-1-2-4-12-17/h5-8,16-17H,1-4,9-12H2. The molecule has 3 heteroatoms. The highest BCUT2D eigenvalue weighted by molar-refractivity contribution is 5.16. The zero-order valence-electron chi connectivity index (χ0n) is 10.3. The Morgan fingerprint density at radius 3 is 2.35 bits per heavy atom. The van der Waals surface area contributed by atoms with E-state index in [1.165, 1.54) is 24.1 Å². The molecule has 0 saturated heterocycles. The SMILES string of the molecule is OCCCCCCNCCc1ccc(F)cc1. The number of halogens is 1. The lowest BCUT2D eigenvalue weighted by atomic mass is 10.1. The van der Waals surface area contributed by atoms with Gasteiger partial charge in [-0.15, -0.1) is 0 Å². The van der Waals surface area contributed by atoms with Crippen molar-refractivity contribution in [2.75, 3.05) is 19.7 Å². The Hall–Kier alpha value is -0.930. The minimum absolute atomic E-state index is 0.175. The van der Waals surface area contributed by atoms with Crippen molar-refractivity contribution in [3.8, 4) is 0 Å². The molecule has 96 valence electrons. The summed E-state index contributed by atoms with van der Waals surface area (Å²) in [6.45, 7) is 2.26. The zero-order valence-corrected chi connectivity index (χ0v) is 10.3. The van der Waals surface area contributed by atoms with E-state index < -0.39 is 0 Å². The molecule has 0 atom stereocenters. The van der Waals surface area contributed by atoms with Gasteiger partial charge >= 0.3 is 0 Å². The first-order valence-corrected chi connectivity index (χ1v) is 6.39. The summed E-state index contributed by atoms with van der Waals surface area (Å²) in [6.07, 6.45) is 5.29. The molecule has 1 aromatic rings. The first-order valence-electron chi connectivity index (χ1n) is 6.39. The lowest BCUT2D eigenvalue weighted by molar-refractivity contribution is 0.282. The predicted octanol–water partition coefficient (Wildman–Crippen LogP) is 2.51. The Kier molecular flexibility index (Phi) is 7.60. The fourth-order valence-electron chi connectivity index (χ4n) is 1.72. The van der Waals surface area contributed by atoms with Crippen LogP contribution in [-0.4, -0.2) is 24.8 Å². The molecular formula is C14H22FNO. The molecule has 0 saturated carbocycles. The Morgan fingerprint density at radius 1 is 0.941 bits per heavy atom. The van der Waals surface area contributed by atoms with E-state index in [0.29, 0.717) is 6.61 Å². The fourth-order valence-corrected chi connectivity index (χ4v) is 1.72. The van der Waals surface area contributed by atoms with E-state index in [1.54, 1.807) is 0 Å². The number of rotatable bonds is 9. The molecule has 0 aromatic heterocycles. The number of aliphatic hydroxyl groups is 1. The van der Waals surface area contributed by atoms with Crippen LogP contribution < -0.4 is 5.32 Å². The van der Waals surface area contributed by atoms with E-state index in [4.69, 9.17) is 5.11 Å². The van der Waals surface area contributed by atoms with Gasteiger partial charge in [-0.3, -0.25) is 0 Å². The molecule has 1 rings (SSSR count). The number of unbranched alkanes of at least 4 members (excludes halogenated alkanes) is 3. The Balaban J connectivity index is 1.95. The van der Waals surface area contributed by atoms with Gasteiger partial charge in [0.15, 0.2) is 0 Å². The zero-order chi connectivity index (χ0) is 12.3. The van der Waals surface area contributed by atoms with Crippen molar-refractivity contribution in [2.24, 2.45) is 0 Å². The normalized spacial score (nSPS) is 10.7. The van der Waals surface area contributed by atoms with Crippen molar-refractivity contribution in [2.45, 2.75) is 32.1 Å². The summed E-state index contributed by atoms with van der Waals surface area (Å²) in [6, 6.07) is 6.67. The molecule has 2 N–H and O–H groups in total. The average molecular weight is 239 g/mol. The third-order valence-electron chi connectivity index (χ3n) is 2.77. The lowest BCUT2D eigenvalue weighted by Gasteiger charge is -2.04. The summed E-state index contributed by atoms with van der Waals surface area (Å²) in [5.74, 6) is -0.175. The number of benzene rings is 1. The summed E-state index contributed by atoms with van der Waals surface area (Å²) in [5, 5.41) is 12.0. The lowest BCUT2D eigenvalue weighted by Crippen LogP contribution is -2.18. The molecule has 0 unspecified atom stereocenters. The van der Waals surface area contributed by atoms with Gasteiger partial charge in [-0.25, -0.2) is 4.39 Å². The third-order valence-corrected chi connectivity index (χ3v) is 2.77. The van der Waals surface area contributed by atoms with Gasteiger partial charge in [-0.05, 0) is 50.0 Å². The van der Waals surface area contributed by atoms with Gasteiger partial charge in [0.2, 0.25) is 0 Å². The smallest absolute Gasteiger partial charge is 0.123 e. The summed E-state index contributed by atoms with van der Waals surface area (Å²) in [4.78, 5) is 0. The van der Waals surface area contributed by atoms with Gasteiger partial charge in [0.25, 0.3) is 0 Å². The first-order chi connectivity index (χ1) is 8.33. The Morgan fingerprint density at radius 2 is 1.65 bits per heavy atom. The van der Waals surface area contributed by atoms with Gasteiger partial charge in [0.05, 0.1) is 0 Å². The number of aliphatic hydroxyl groups excluding tert-OH is 1. The average Bonchev–Trinajstić information content (AvgIpc) is 2.35. The van der Waals surface area contributed by atoms with Crippen molar-refractivity contribution in [1.82, 2.24) is 5.32 Å². The second-order valence-electron chi connectivity index (χ2n) is 4.26. The summed E-state index contributed by atoms with van der Waals surface area (Å²) in [7, 11) is 0. The highest BCUT2D eigenvalue weighted by Gasteiger charge is 1.94. The van der Waals surface area contributed by atoms with Crippen molar-refractivity contribution < 1.29 is 9.50 Å². The first kappa shape index (κ1) is 14.1. The van der Waals surface area contributed by atoms with Crippen molar-refractivity contribution >= 4 is 0 Å². The highest BCUT2D eigenvalue weighted by Crippen LogP contribution is 2.03. The molecule has 0 aliphatic heterocycles. The number of hydrogen-bond acceptors (Lipinski definition) is 2. The van der Waals surface area contributed by atoms with E-state index in [-0.39, 0.29) is 5.82 Å². The van der Waals surface area contributed by atoms with Gasteiger partial charge in [-0.1, -0.05) is 25.0 Å². The minimum atomic E-state index is -0.175. The van der Waals surface area contributed by atoms with Crippen LogP contribution in [0.2, 0.25) is 0 Å². The molecule has 0 amide bonds. The van der Waals surface area contributed by atoms with Crippen LogP contribution >= 0.6 is 0 Å². The largest absolute Gasteiger partial charge is 0.396 e. The number of hydrogen-bond donors (Lipinski definition) is 2. The van der Waals surface area contributed by atoms with Gasteiger partial charge in [-0.2, -0.15) is 0 Å². The molecule has 0 spiro atoms. The van der Waals surface area contributed by atoms with Crippen LogP contribution in [0.15, 0.2) is 24.3 Å². The summed E-state index contributed by atoms with van der Waals surface area (Å²) in [5.41, 5.74) is 1.17. The van der Waals surface area contributed by atoms with Gasteiger partial charge in [0, 0.05) is 6.61 Å². The van der Waals surface area contributed by atoms with E-state index in [2.05, 4.69) is 5.32 Å². The second kappa shape index (κ2) is 9.14. The maximum atomic E-state index is 12.6. The van der Waals surface area contributed by atoms with Crippen molar-refractivity contribution in [3.05, 3.63) is 35.6 Å². The fraction of sp³-hybridized carbons (Fsp3) is 0.571. The Labute approximate surface area is 103 Å². The maximum Gasteiger partial charge on any atom is 0.123 e. The van der Waals surface area contributed by atoms with E-state index in [9.17, 15) is 4.39 Å². The molecule has 0 aliphatic carbocycles. The number of nitrogens with one attached hydrogen (secondary N) is 1. The molecule has 0 bridgehead atoms. The summed E-state index contributed by atoms with van der Waals surface area (Å²) < 4.78 is 12.6. The molecule has 0 fully saturated rings. The van der Waals surface area contributed by atoms with Crippen LogP contribution in [0.3, 0.4) is 0 Å². The van der Waals surface area contributed by atoms with E-state index in [1.807, 2.05) is 12.1 Å². The molecule has 0 heterocycles. The van der Waals surface area contributed by atoms with E-state index >= 15 is 0 Å². The highest BCUT2D eigenvalue weighted by atomic mass is 19.1. The second-order valence-corrected chi connectivity index (χ2v) is 4.26. The van der Waals surface area contributed by atoms with Crippen molar-refractivity contribution in [3.63, 3.8) is 0 Å². The van der Waals surface area contributed by atoms with Crippen LogP contribution in [0.1, 0.15) is 31.2 Å². The molecule has 1 aromatic carbocycles. The minimum Gasteiger partial charge on any atom is -0.396 e. The topological polar surface area (TPSA) is 32.3 Å². The van der Waals surface area contributed by atoms with Crippen molar-refractivity contribution in [1.29, 1.82) is 0 Å². The Bertz CT molecular complexity index is 287. The van der Waals surface area contributed by atoms with Crippen LogP contribution in [0, 0.1) is 5.82 Å². The monoisotopic (exact) mass is 239 g/mol. The summed E-state index contributed by atoms with van der Waals surface area (Å²) >= 11 is 0. The van der Waals surface area contributed by atoms with Crippen LogP contribution in [0.4, 0.5) is 4.39 Å². The predicted molar refractivity (Wildman–Crippen MR) is 68.5 cm³/mol. The molecule has 17 heavy (non-hydrogen) atoms. The molecule has 0 aliphatic rings. The molecule has 2 nitrogen and oxygen atoms in total. The van der Waals surface area contributed by atoms with Crippen LogP contribution in [-0.2, 0) is 6.42 Å². The van der Waals surface area contributed by atoms with E-state index in [0.717, 1.165) is 38.8 Å². The van der Waals surface area contributed by atoms with Gasteiger partial charge < -0.3 is 10.4 Å². The quantitative estimate of drug-likeness (QED) is 0.649. The van der Waals surface area contributed by atoms with Gasteiger partial charge in [0.1, 0.15) is 5.82 Å². The molecule has 0 radical (unpaired) electrons. The van der Waals surface area contributed by atoms with Crippen LogP contribution in [0.5, 0.6) is 0 Å². The van der Waals surface area contributed by atoms with Crippen LogP contribution in [0.25, 0.3) is 0 Å². The maximum absolute atomic E-state index is 12.6.